The maximum absolute atomic E-state index is 12.7. The predicted molar refractivity (Wildman–Crippen MR) is 123 cm³/mol. The number of pyridine rings is 1. The van der Waals surface area contributed by atoms with E-state index in [-0.39, 0.29) is 5.91 Å². The van der Waals surface area contributed by atoms with Gasteiger partial charge in [0.25, 0.3) is 5.91 Å². The molecule has 2 aromatic heterocycles. The molecule has 30 heavy (non-hydrogen) atoms. The van der Waals surface area contributed by atoms with E-state index in [0.717, 1.165) is 47.5 Å². The first-order chi connectivity index (χ1) is 14.4. The van der Waals surface area contributed by atoms with Crippen LogP contribution in [0.3, 0.4) is 0 Å². The van der Waals surface area contributed by atoms with Gasteiger partial charge in [0.15, 0.2) is 0 Å². The Morgan fingerprint density at radius 2 is 1.97 bits per heavy atom. The van der Waals surface area contributed by atoms with E-state index < -0.39 is 0 Å². The van der Waals surface area contributed by atoms with Crippen molar-refractivity contribution in [2.75, 3.05) is 26.0 Å². The van der Waals surface area contributed by atoms with E-state index in [1.807, 2.05) is 42.6 Å². The zero-order valence-corrected chi connectivity index (χ0v) is 18.0. The van der Waals surface area contributed by atoms with Crippen LogP contribution in [0.4, 0.5) is 5.69 Å². The summed E-state index contributed by atoms with van der Waals surface area (Å²) in [4.78, 5) is 22.6. The third-order valence-electron chi connectivity index (χ3n) is 5.75. The minimum atomic E-state index is -0.0610. The summed E-state index contributed by atoms with van der Waals surface area (Å²) in [6.45, 7) is 5.32. The number of H-pyrrole nitrogens is 1. The van der Waals surface area contributed by atoms with Gasteiger partial charge in [-0.15, -0.1) is 0 Å². The first-order valence-corrected chi connectivity index (χ1v) is 10.3. The van der Waals surface area contributed by atoms with Crippen molar-refractivity contribution in [3.63, 3.8) is 0 Å². The lowest BCUT2D eigenvalue weighted by molar-refractivity contribution is -0.110. The molecule has 0 aliphatic carbocycles. The second-order valence-corrected chi connectivity index (χ2v) is 8.19. The number of carbonyl (C=O) groups is 1. The predicted octanol–water partition coefficient (Wildman–Crippen LogP) is 4.68. The number of anilines is 1. The van der Waals surface area contributed by atoms with Crippen molar-refractivity contribution in [3.8, 4) is 11.1 Å². The van der Waals surface area contributed by atoms with Crippen molar-refractivity contribution in [2.24, 2.45) is 0 Å². The highest BCUT2D eigenvalue weighted by Gasteiger charge is 2.25. The second-order valence-electron chi connectivity index (χ2n) is 8.19. The fourth-order valence-corrected chi connectivity index (χ4v) is 4.10. The molecule has 1 aliphatic heterocycles. The molecule has 0 spiro atoms. The van der Waals surface area contributed by atoms with Gasteiger partial charge < -0.3 is 15.2 Å². The van der Waals surface area contributed by atoms with E-state index in [1.54, 1.807) is 6.20 Å². The van der Waals surface area contributed by atoms with Crippen LogP contribution in [0.15, 0.2) is 42.7 Å². The van der Waals surface area contributed by atoms with Gasteiger partial charge in [0.1, 0.15) is 0 Å². The van der Waals surface area contributed by atoms with Crippen molar-refractivity contribution in [3.05, 3.63) is 70.8 Å². The number of benzene rings is 1. The molecule has 5 heteroatoms. The van der Waals surface area contributed by atoms with E-state index in [2.05, 4.69) is 48.1 Å². The second kappa shape index (κ2) is 8.28. The third kappa shape index (κ3) is 3.94. The lowest BCUT2D eigenvalue weighted by Gasteiger charge is -2.09. The first kappa shape index (κ1) is 20.1. The molecule has 1 aliphatic rings. The Hall–Kier alpha value is -3.18. The fourth-order valence-electron chi connectivity index (χ4n) is 4.10. The Morgan fingerprint density at radius 1 is 1.13 bits per heavy atom. The van der Waals surface area contributed by atoms with Gasteiger partial charge in [-0.1, -0.05) is 18.2 Å². The van der Waals surface area contributed by atoms with Crippen molar-refractivity contribution in [2.45, 2.75) is 26.7 Å². The van der Waals surface area contributed by atoms with Gasteiger partial charge in [0, 0.05) is 40.6 Å². The van der Waals surface area contributed by atoms with E-state index in [1.165, 1.54) is 16.8 Å². The van der Waals surface area contributed by atoms with Crippen LogP contribution in [-0.4, -0.2) is 41.4 Å². The first-order valence-electron chi connectivity index (χ1n) is 10.3. The number of amides is 1. The molecule has 3 aromatic rings. The number of hydrogen-bond donors (Lipinski definition) is 2. The normalized spacial score (nSPS) is 14.4. The van der Waals surface area contributed by atoms with E-state index in [4.69, 9.17) is 0 Å². The summed E-state index contributed by atoms with van der Waals surface area (Å²) in [6.07, 6.45) is 7.73. The molecule has 0 radical (unpaired) electrons. The van der Waals surface area contributed by atoms with Crippen LogP contribution in [0.2, 0.25) is 0 Å². The number of rotatable bonds is 6. The highest BCUT2D eigenvalue weighted by atomic mass is 16.2. The molecule has 0 atom stereocenters. The minimum absolute atomic E-state index is 0.0610. The van der Waals surface area contributed by atoms with Crippen LogP contribution >= 0.6 is 0 Å². The molecule has 0 unspecified atom stereocenters. The average Bonchev–Trinajstić information content (AvgIpc) is 3.18. The molecule has 5 nitrogen and oxygen atoms in total. The Bertz CT molecular complexity index is 1110. The number of aryl methyl sites for hydroxylation is 1. The Kier molecular flexibility index (Phi) is 5.55. The molecule has 2 N–H and O–H groups in total. The lowest BCUT2D eigenvalue weighted by Crippen LogP contribution is -2.13. The maximum atomic E-state index is 12.7. The number of nitrogens with zero attached hydrogens (tertiary/aromatic N) is 2. The standard InChI is InChI=1S/C25H28N4O/c1-16-20(8-6-12-29(3)4)17(2)27-23(16)14-22-21-10-9-18(13-24(21)28-25(22)30)19-7-5-11-26-15-19/h5,7,9-11,13-15,27H,6,8,12H2,1-4H3,(H,28,30). The van der Waals surface area contributed by atoms with Crippen molar-refractivity contribution in [1.82, 2.24) is 14.9 Å². The van der Waals surface area contributed by atoms with E-state index in [9.17, 15) is 4.79 Å². The molecule has 4 rings (SSSR count). The Balaban J connectivity index is 1.64. The SMILES string of the molecule is Cc1[nH]c(C=C2C(=O)Nc3cc(-c4cccnc4)ccc32)c(C)c1CCCN(C)C. The number of nitrogens with one attached hydrogen (secondary N) is 2. The van der Waals surface area contributed by atoms with Crippen LogP contribution in [0, 0.1) is 13.8 Å². The molecule has 1 amide bonds. The maximum Gasteiger partial charge on any atom is 0.256 e. The molecule has 0 fully saturated rings. The summed E-state index contributed by atoms with van der Waals surface area (Å²) in [6, 6.07) is 10.0. The highest BCUT2D eigenvalue weighted by molar-refractivity contribution is 6.35. The smallest absolute Gasteiger partial charge is 0.256 e. The van der Waals surface area contributed by atoms with Crippen LogP contribution < -0.4 is 5.32 Å². The number of aromatic nitrogens is 2. The molecule has 1 aromatic carbocycles. The minimum Gasteiger partial charge on any atom is -0.359 e. The highest BCUT2D eigenvalue weighted by Crippen LogP contribution is 2.36. The number of carbonyl (C=O) groups excluding carboxylic acids is 1. The Labute approximate surface area is 177 Å². The zero-order valence-electron chi connectivity index (χ0n) is 18.0. The van der Waals surface area contributed by atoms with Crippen LogP contribution in [0.5, 0.6) is 0 Å². The van der Waals surface area contributed by atoms with Gasteiger partial charge in [-0.05, 0) is 82.2 Å². The van der Waals surface area contributed by atoms with Crippen molar-refractivity contribution in [1.29, 1.82) is 0 Å². The van der Waals surface area contributed by atoms with E-state index >= 15 is 0 Å². The quantitative estimate of drug-likeness (QED) is 0.591. The summed E-state index contributed by atoms with van der Waals surface area (Å²) in [5, 5.41) is 3.02. The summed E-state index contributed by atoms with van der Waals surface area (Å²) < 4.78 is 0. The van der Waals surface area contributed by atoms with Gasteiger partial charge in [-0.2, -0.15) is 0 Å². The third-order valence-corrected chi connectivity index (χ3v) is 5.75. The average molecular weight is 401 g/mol. The van der Waals surface area contributed by atoms with Gasteiger partial charge in [0.2, 0.25) is 0 Å². The number of fused-ring (bicyclic) bond motifs is 1. The van der Waals surface area contributed by atoms with Crippen LogP contribution in [0.25, 0.3) is 22.8 Å². The van der Waals surface area contributed by atoms with Gasteiger partial charge in [-0.3, -0.25) is 9.78 Å². The molecular weight excluding hydrogens is 372 g/mol. The van der Waals surface area contributed by atoms with Crippen LogP contribution in [-0.2, 0) is 11.2 Å². The summed E-state index contributed by atoms with van der Waals surface area (Å²) in [5.74, 6) is -0.0610. The van der Waals surface area contributed by atoms with Crippen LogP contribution in [0.1, 0.15) is 34.5 Å². The summed E-state index contributed by atoms with van der Waals surface area (Å²) in [5.41, 5.74) is 9.34. The lowest BCUT2D eigenvalue weighted by atomic mass is 9.99. The van der Waals surface area contributed by atoms with Gasteiger partial charge >= 0.3 is 0 Å². The zero-order chi connectivity index (χ0) is 21.3. The summed E-state index contributed by atoms with van der Waals surface area (Å²) in [7, 11) is 4.20. The van der Waals surface area contributed by atoms with E-state index in [0.29, 0.717) is 5.57 Å². The topological polar surface area (TPSA) is 61.0 Å². The molecule has 0 saturated heterocycles. The molecule has 154 valence electrons. The number of aromatic amines is 1. The molecule has 3 heterocycles. The Morgan fingerprint density at radius 3 is 2.70 bits per heavy atom. The van der Waals surface area contributed by atoms with Crippen molar-refractivity contribution < 1.29 is 4.79 Å². The fraction of sp³-hybridized carbons (Fsp3) is 0.280. The van der Waals surface area contributed by atoms with Crippen molar-refractivity contribution >= 4 is 23.2 Å². The van der Waals surface area contributed by atoms with Gasteiger partial charge in [-0.25, -0.2) is 0 Å². The molecule has 0 saturated carbocycles. The van der Waals surface area contributed by atoms with Gasteiger partial charge in [0.05, 0.1) is 5.57 Å². The monoisotopic (exact) mass is 400 g/mol. The number of hydrogen-bond acceptors (Lipinski definition) is 3. The molecule has 0 bridgehead atoms. The molecular formula is C25H28N4O. The largest absolute Gasteiger partial charge is 0.359 e. The summed E-state index contributed by atoms with van der Waals surface area (Å²) >= 11 is 0.